The van der Waals surface area contributed by atoms with E-state index in [1.807, 2.05) is 17.5 Å². The highest BCUT2D eigenvalue weighted by Gasteiger charge is 2.30. The first-order valence-electron chi connectivity index (χ1n) is 9.25. The summed E-state index contributed by atoms with van der Waals surface area (Å²) >= 11 is 1.35. The second-order valence-electron chi connectivity index (χ2n) is 6.55. The molecule has 0 aliphatic rings. The molecule has 0 radical (unpaired) electrons. The standard InChI is InChI=1S/C22H23NO5S2/c1-27-17-7-5-16(6-8-17)14-22(24)23-15-21(20-4-3-13-29-20)30(25,26)19-11-9-18(28-2)10-12-19/h3-13,21H,14-15H2,1-2H3,(H,23,24)/t21-/m0/s1. The SMILES string of the molecule is COc1ccc(CC(=O)NC[C@@H](c2cccs2)S(=O)(=O)c2ccc(OC)cc2)cc1. The molecular weight excluding hydrogens is 422 g/mol. The molecule has 1 aromatic heterocycles. The Hall–Kier alpha value is -2.84. The molecular formula is C22H23NO5S2. The lowest BCUT2D eigenvalue weighted by atomic mass is 10.1. The third-order valence-electron chi connectivity index (χ3n) is 4.63. The smallest absolute Gasteiger partial charge is 0.224 e. The summed E-state index contributed by atoms with van der Waals surface area (Å²) in [6.07, 6.45) is 0.156. The van der Waals surface area contributed by atoms with Crippen LogP contribution in [0.3, 0.4) is 0 Å². The van der Waals surface area contributed by atoms with Crippen LogP contribution in [-0.2, 0) is 21.1 Å². The molecule has 3 aromatic rings. The number of rotatable bonds is 9. The van der Waals surface area contributed by atoms with Gasteiger partial charge in [0.2, 0.25) is 5.91 Å². The van der Waals surface area contributed by atoms with E-state index in [9.17, 15) is 13.2 Å². The largest absolute Gasteiger partial charge is 0.497 e. The van der Waals surface area contributed by atoms with Crippen molar-refractivity contribution in [3.63, 3.8) is 0 Å². The molecule has 0 fully saturated rings. The van der Waals surface area contributed by atoms with Crippen molar-refractivity contribution in [2.75, 3.05) is 20.8 Å². The predicted molar refractivity (Wildman–Crippen MR) is 117 cm³/mol. The number of amides is 1. The Morgan fingerprint density at radius 2 is 1.57 bits per heavy atom. The van der Waals surface area contributed by atoms with Gasteiger partial charge in [0.05, 0.1) is 25.5 Å². The zero-order valence-corrected chi connectivity index (χ0v) is 18.3. The van der Waals surface area contributed by atoms with Crippen LogP contribution >= 0.6 is 11.3 Å². The molecule has 0 spiro atoms. The van der Waals surface area contributed by atoms with E-state index in [0.29, 0.717) is 16.4 Å². The fourth-order valence-electron chi connectivity index (χ4n) is 2.97. The van der Waals surface area contributed by atoms with E-state index in [0.717, 1.165) is 5.56 Å². The average Bonchev–Trinajstić information content (AvgIpc) is 3.28. The van der Waals surface area contributed by atoms with E-state index in [1.165, 1.54) is 30.6 Å². The van der Waals surface area contributed by atoms with E-state index >= 15 is 0 Å². The maximum atomic E-state index is 13.3. The molecule has 0 bridgehead atoms. The van der Waals surface area contributed by atoms with E-state index in [-0.39, 0.29) is 23.8 Å². The number of hydrogen-bond acceptors (Lipinski definition) is 6. The van der Waals surface area contributed by atoms with Crippen LogP contribution in [-0.4, -0.2) is 35.1 Å². The molecule has 1 N–H and O–H groups in total. The maximum Gasteiger partial charge on any atom is 0.224 e. The summed E-state index contributed by atoms with van der Waals surface area (Å²) in [5, 5.41) is 3.73. The second kappa shape index (κ2) is 9.77. The molecule has 0 aliphatic heterocycles. The van der Waals surface area contributed by atoms with Gasteiger partial charge in [-0.2, -0.15) is 0 Å². The van der Waals surface area contributed by atoms with Crippen LogP contribution in [0, 0.1) is 0 Å². The average molecular weight is 446 g/mol. The van der Waals surface area contributed by atoms with Crippen LogP contribution < -0.4 is 14.8 Å². The highest BCUT2D eigenvalue weighted by molar-refractivity contribution is 7.91. The van der Waals surface area contributed by atoms with Crippen LogP contribution in [0.25, 0.3) is 0 Å². The van der Waals surface area contributed by atoms with E-state index in [1.54, 1.807) is 43.5 Å². The van der Waals surface area contributed by atoms with Gasteiger partial charge in [0.1, 0.15) is 16.7 Å². The Morgan fingerprint density at radius 3 is 2.10 bits per heavy atom. The molecule has 0 aliphatic carbocycles. The number of nitrogens with one attached hydrogen (secondary N) is 1. The van der Waals surface area contributed by atoms with Crippen molar-refractivity contribution >= 4 is 27.1 Å². The van der Waals surface area contributed by atoms with Gasteiger partial charge in [0, 0.05) is 11.4 Å². The molecule has 1 atom stereocenters. The van der Waals surface area contributed by atoms with Crippen molar-refractivity contribution < 1.29 is 22.7 Å². The Kier molecular flexibility index (Phi) is 7.12. The molecule has 3 rings (SSSR count). The van der Waals surface area contributed by atoms with Crippen molar-refractivity contribution in [3.8, 4) is 11.5 Å². The molecule has 2 aromatic carbocycles. The lowest BCUT2D eigenvalue weighted by molar-refractivity contribution is -0.120. The molecule has 0 unspecified atom stereocenters. The zero-order chi connectivity index (χ0) is 21.6. The number of sulfone groups is 1. The summed E-state index contributed by atoms with van der Waals surface area (Å²) in [5.74, 6) is 1.04. The Bertz CT molecular complexity index is 1060. The summed E-state index contributed by atoms with van der Waals surface area (Å²) in [7, 11) is -0.600. The maximum absolute atomic E-state index is 13.3. The third kappa shape index (κ3) is 5.20. The van der Waals surface area contributed by atoms with Gasteiger partial charge in [0.25, 0.3) is 0 Å². The normalized spacial score (nSPS) is 12.2. The first-order chi connectivity index (χ1) is 14.4. The van der Waals surface area contributed by atoms with Gasteiger partial charge in [-0.15, -0.1) is 11.3 Å². The van der Waals surface area contributed by atoms with Gasteiger partial charge in [-0.3, -0.25) is 4.79 Å². The Balaban J connectivity index is 1.74. The molecule has 1 amide bonds. The van der Waals surface area contributed by atoms with Gasteiger partial charge in [-0.25, -0.2) is 8.42 Å². The minimum absolute atomic E-state index is 0.0101. The quantitative estimate of drug-likeness (QED) is 0.544. The van der Waals surface area contributed by atoms with Crippen LogP contribution in [0.15, 0.2) is 70.9 Å². The Labute approximate surface area is 180 Å². The number of carbonyl (C=O) groups is 1. The lowest BCUT2D eigenvalue weighted by Gasteiger charge is -2.18. The number of carbonyl (C=O) groups excluding carboxylic acids is 1. The van der Waals surface area contributed by atoms with Crippen LogP contribution in [0.4, 0.5) is 0 Å². The minimum atomic E-state index is -3.70. The number of thiophene rings is 1. The third-order valence-corrected chi connectivity index (χ3v) is 7.87. The fourth-order valence-corrected chi connectivity index (χ4v) is 5.75. The van der Waals surface area contributed by atoms with Crippen molar-refractivity contribution in [1.29, 1.82) is 0 Å². The summed E-state index contributed by atoms with van der Waals surface area (Å²) < 4.78 is 36.8. The van der Waals surface area contributed by atoms with E-state index in [2.05, 4.69) is 5.32 Å². The highest BCUT2D eigenvalue weighted by atomic mass is 32.2. The fraction of sp³-hybridized carbons (Fsp3) is 0.227. The Morgan fingerprint density at radius 1 is 0.967 bits per heavy atom. The molecule has 30 heavy (non-hydrogen) atoms. The van der Waals surface area contributed by atoms with Gasteiger partial charge >= 0.3 is 0 Å². The lowest BCUT2D eigenvalue weighted by Crippen LogP contribution is -2.32. The first-order valence-corrected chi connectivity index (χ1v) is 11.7. The van der Waals surface area contributed by atoms with E-state index in [4.69, 9.17) is 9.47 Å². The van der Waals surface area contributed by atoms with Crippen molar-refractivity contribution in [2.24, 2.45) is 0 Å². The van der Waals surface area contributed by atoms with Crippen LogP contribution in [0.1, 0.15) is 15.7 Å². The first kappa shape index (κ1) is 21.9. The molecule has 158 valence electrons. The van der Waals surface area contributed by atoms with Crippen LogP contribution in [0.5, 0.6) is 11.5 Å². The number of ether oxygens (including phenoxy) is 2. The number of hydrogen-bond donors (Lipinski definition) is 1. The summed E-state index contributed by atoms with van der Waals surface area (Å²) in [4.78, 5) is 13.3. The van der Waals surface area contributed by atoms with Gasteiger partial charge in [-0.05, 0) is 53.4 Å². The zero-order valence-electron chi connectivity index (χ0n) is 16.7. The summed E-state index contributed by atoms with van der Waals surface area (Å²) in [5.41, 5.74) is 0.819. The van der Waals surface area contributed by atoms with E-state index < -0.39 is 15.1 Å². The highest BCUT2D eigenvalue weighted by Crippen LogP contribution is 2.32. The van der Waals surface area contributed by atoms with Gasteiger partial charge in [-0.1, -0.05) is 18.2 Å². The van der Waals surface area contributed by atoms with Crippen LogP contribution in [0.2, 0.25) is 0 Å². The molecule has 1 heterocycles. The van der Waals surface area contributed by atoms with Gasteiger partial charge < -0.3 is 14.8 Å². The van der Waals surface area contributed by atoms with Crippen molar-refractivity contribution in [2.45, 2.75) is 16.6 Å². The summed E-state index contributed by atoms with van der Waals surface area (Å²) in [6.45, 7) is -0.0101. The second-order valence-corrected chi connectivity index (χ2v) is 9.66. The minimum Gasteiger partial charge on any atom is -0.497 e. The predicted octanol–water partition coefficient (Wildman–Crippen LogP) is 3.64. The molecule has 0 saturated heterocycles. The summed E-state index contributed by atoms with van der Waals surface area (Å²) in [6, 6.07) is 17.0. The molecule has 0 saturated carbocycles. The number of benzene rings is 2. The van der Waals surface area contributed by atoms with Crippen molar-refractivity contribution in [1.82, 2.24) is 5.32 Å². The number of methoxy groups -OCH3 is 2. The molecule has 6 nitrogen and oxygen atoms in total. The van der Waals surface area contributed by atoms with Crippen molar-refractivity contribution in [3.05, 3.63) is 76.5 Å². The topological polar surface area (TPSA) is 81.7 Å². The monoisotopic (exact) mass is 445 g/mol. The van der Waals surface area contributed by atoms with Gasteiger partial charge in [0.15, 0.2) is 9.84 Å². The molecule has 8 heteroatoms.